The van der Waals surface area contributed by atoms with E-state index in [1.807, 2.05) is 6.92 Å². The first-order chi connectivity index (χ1) is 13.6. The van der Waals surface area contributed by atoms with Crippen LogP contribution in [0.2, 0.25) is 0 Å². The van der Waals surface area contributed by atoms with E-state index >= 15 is 0 Å². The van der Waals surface area contributed by atoms with Crippen LogP contribution in [0.15, 0.2) is 24.3 Å². The smallest absolute Gasteiger partial charge is 0.242 e. The zero-order valence-corrected chi connectivity index (χ0v) is 17.6. The lowest BCUT2D eigenvalue weighted by molar-refractivity contribution is -0.129. The Morgan fingerprint density at radius 1 is 0.964 bits per heavy atom. The van der Waals surface area contributed by atoms with E-state index in [0.29, 0.717) is 25.4 Å². The van der Waals surface area contributed by atoms with E-state index in [9.17, 15) is 9.59 Å². The standard InChI is InChI=1S/C23H37N3O2/c1-3-9-21-23(28)25-17-8-12-19-10-4-5-11-20(19)15-14-18(2)24-16-7-6-13-22(27)26-21/h4-5,10-11,18,21,24H,3,6-9,12-17H2,1-2H3,(H,25,28)(H,26,27). The fourth-order valence-electron chi connectivity index (χ4n) is 3.72. The van der Waals surface area contributed by atoms with E-state index in [1.165, 1.54) is 11.1 Å². The molecule has 2 unspecified atom stereocenters. The Morgan fingerprint density at radius 3 is 2.46 bits per heavy atom. The number of rotatable bonds is 2. The second-order valence-electron chi connectivity index (χ2n) is 7.92. The molecule has 1 aliphatic heterocycles. The Hall–Kier alpha value is -1.88. The number of aryl methyl sites for hydroxylation is 2. The average Bonchev–Trinajstić information content (AvgIpc) is 2.69. The number of carbonyl (C=O) groups is 2. The van der Waals surface area contributed by atoms with E-state index in [1.54, 1.807) is 0 Å². The van der Waals surface area contributed by atoms with E-state index < -0.39 is 6.04 Å². The number of amides is 2. The van der Waals surface area contributed by atoms with Gasteiger partial charge in [-0.3, -0.25) is 9.59 Å². The van der Waals surface area contributed by atoms with E-state index in [-0.39, 0.29) is 11.8 Å². The molecule has 28 heavy (non-hydrogen) atoms. The normalized spacial score (nSPS) is 23.6. The number of carbonyl (C=O) groups excluding carboxylic acids is 2. The quantitative estimate of drug-likeness (QED) is 0.730. The van der Waals surface area contributed by atoms with Crippen LogP contribution in [-0.4, -0.2) is 37.0 Å². The summed E-state index contributed by atoms with van der Waals surface area (Å²) in [5.41, 5.74) is 2.79. The van der Waals surface area contributed by atoms with Gasteiger partial charge in [0, 0.05) is 19.0 Å². The average molecular weight is 388 g/mol. The summed E-state index contributed by atoms with van der Waals surface area (Å²) in [5.74, 6) is -0.0724. The predicted octanol–water partition coefficient (Wildman–Crippen LogP) is 3.11. The summed E-state index contributed by atoms with van der Waals surface area (Å²) in [6.45, 7) is 5.84. The van der Waals surface area contributed by atoms with Gasteiger partial charge in [0.15, 0.2) is 0 Å². The molecule has 0 fully saturated rings. The Labute approximate surface area is 170 Å². The van der Waals surface area contributed by atoms with Gasteiger partial charge in [-0.05, 0) is 69.5 Å². The fourth-order valence-corrected chi connectivity index (χ4v) is 3.72. The van der Waals surface area contributed by atoms with Crippen molar-refractivity contribution in [3.8, 4) is 0 Å². The highest BCUT2D eigenvalue weighted by atomic mass is 16.2. The molecule has 1 heterocycles. The largest absolute Gasteiger partial charge is 0.354 e. The molecular formula is C23H37N3O2. The first kappa shape index (κ1) is 22.4. The summed E-state index contributed by atoms with van der Waals surface area (Å²) in [7, 11) is 0. The molecule has 0 aromatic heterocycles. The Morgan fingerprint density at radius 2 is 1.71 bits per heavy atom. The maximum atomic E-state index is 12.5. The summed E-state index contributed by atoms with van der Waals surface area (Å²) < 4.78 is 0. The second kappa shape index (κ2) is 12.6. The maximum Gasteiger partial charge on any atom is 0.242 e. The first-order valence-corrected chi connectivity index (χ1v) is 11.0. The van der Waals surface area contributed by atoms with Crippen molar-refractivity contribution in [3.63, 3.8) is 0 Å². The van der Waals surface area contributed by atoms with Crippen molar-refractivity contribution >= 4 is 11.8 Å². The summed E-state index contributed by atoms with van der Waals surface area (Å²) in [5, 5.41) is 9.51. The third kappa shape index (κ3) is 8.01. The topological polar surface area (TPSA) is 70.2 Å². The van der Waals surface area contributed by atoms with E-state index in [2.05, 4.69) is 47.1 Å². The van der Waals surface area contributed by atoms with Gasteiger partial charge >= 0.3 is 0 Å². The van der Waals surface area contributed by atoms with Crippen LogP contribution in [0.3, 0.4) is 0 Å². The van der Waals surface area contributed by atoms with E-state index in [4.69, 9.17) is 0 Å². The molecule has 0 saturated heterocycles. The van der Waals surface area contributed by atoms with Gasteiger partial charge < -0.3 is 16.0 Å². The Balaban J connectivity index is 2.01. The van der Waals surface area contributed by atoms with Crippen molar-refractivity contribution in [2.24, 2.45) is 0 Å². The predicted molar refractivity (Wildman–Crippen MR) is 114 cm³/mol. The van der Waals surface area contributed by atoms with Crippen LogP contribution in [0.1, 0.15) is 69.9 Å². The molecule has 5 heteroatoms. The van der Waals surface area contributed by atoms with Gasteiger partial charge in [-0.2, -0.15) is 0 Å². The molecule has 156 valence electrons. The fraction of sp³-hybridized carbons (Fsp3) is 0.652. The van der Waals surface area contributed by atoms with Crippen LogP contribution in [0.25, 0.3) is 0 Å². The molecule has 0 aliphatic carbocycles. The zero-order chi connectivity index (χ0) is 20.2. The van der Waals surface area contributed by atoms with Gasteiger partial charge in [-0.25, -0.2) is 0 Å². The molecule has 2 amide bonds. The SMILES string of the molecule is CCCC1NC(=O)CCCCNC(C)CCc2ccccc2CCCNC1=O. The van der Waals surface area contributed by atoms with Gasteiger partial charge in [0.25, 0.3) is 0 Å². The highest BCUT2D eigenvalue weighted by Gasteiger charge is 2.19. The first-order valence-electron chi connectivity index (χ1n) is 11.0. The van der Waals surface area contributed by atoms with Gasteiger partial charge in [-0.1, -0.05) is 37.6 Å². The molecule has 0 spiro atoms. The third-order valence-electron chi connectivity index (χ3n) is 5.44. The zero-order valence-electron chi connectivity index (χ0n) is 17.6. The van der Waals surface area contributed by atoms with Crippen molar-refractivity contribution in [2.45, 2.75) is 83.7 Å². The van der Waals surface area contributed by atoms with E-state index in [0.717, 1.165) is 51.5 Å². The Kier molecular flexibility index (Phi) is 10.0. The van der Waals surface area contributed by atoms with Gasteiger partial charge in [-0.15, -0.1) is 0 Å². The molecule has 5 nitrogen and oxygen atoms in total. The molecule has 2 rings (SSSR count). The second-order valence-corrected chi connectivity index (χ2v) is 7.92. The summed E-state index contributed by atoms with van der Waals surface area (Å²) in [6, 6.07) is 8.69. The van der Waals surface area contributed by atoms with Crippen LogP contribution in [0.4, 0.5) is 0 Å². The minimum atomic E-state index is -0.415. The van der Waals surface area contributed by atoms with Crippen LogP contribution in [0.5, 0.6) is 0 Å². The lowest BCUT2D eigenvalue weighted by Gasteiger charge is -2.19. The Bertz CT molecular complexity index is 618. The maximum absolute atomic E-state index is 12.5. The summed E-state index contributed by atoms with van der Waals surface area (Å²) in [4.78, 5) is 24.7. The number of fused-ring (bicyclic) bond motifs is 1. The van der Waals surface area contributed by atoms with Crippen LogP contribution < -0.4 is 16.0 Å². The van der Waals surface area contributed by atoms with Crippen LogP contribution in [-0.2, 0) is 22.4 Å². The molecule has 1 aromatic carbocycles. The molecule has 0 radical (unpaired) electrons. The van der Waals surface area contributed by atoms with Crippen LogP contribution in [0, 0.1) is 0 Å². The van der Waals surface area contributed by atoms with Crippen molar-refractivity contribution in [3.05, 3.63) is 35.4 Å². The minimum absolute atomic E-state index is 0.0170. The number of benzene rings is 1. The molecule has 1 aliphatic rings. The molecule has 0 saturated carbocycles. The van der Waals surface area contributed by atoms with Crippen LogP contribution >= 0.6 is 0 Å². The highest BCUT2D eigenvalue weighted by molar-refractivity contribution is 5.87. The minimum Gasteiger partial charge on any atom is -0.354 e. The molecule has 2 atom stereocenters. The summed E-state index contributed by atoms with van der Waals surface area (Å²) in [6.07, 6.45) is 7.88. The highest BCUT2D eigenvalue weighted by Crippen LogP contribution is 2.14. The lowest BCUT2D eigenvalue weighted by atomic mass is 9.97. The molecule has 1 aromatic rings. The number of nitrogens with one attached hydrogen (secondary N) is 3. The van der Waals surface area contributed by atoms with Gasteiger partial charge in [0.05, 0.1) is 0 Å². The number of hydrogen-bond acceptors (Lipinski definition) is 3. The lowest BCUT2D eigenvalue weighted by Crippen LogP contribution is -2.46. The van der Waals surface area contributed by atoms with Crippen molar-refractivity contribution in [2.75, 3.05) is 13.1 Å². The molecule has 3 N–H and O–H groups in total. The van der Waals surface area contributed by atoms with Crippen molar-refractivity contribution in [1.82, 2.24) is 16.0 Å². The van der Waals surface area contributed by atoms with Gasteiger partial charge in [0.2, 0.25) is 11.8 Å². The van der Waals surface area contributed by atoms with Crippen molar-refractivity contribution in [1.29, 1.82) is 0 Å². The summed E-state index contributed by atoms with van der Waals surface area (Å²) >= 11 is 0. The van der Waals surface area contributed by atoms with Gasteiger partial charge in [0.1, 0.15) is 6.04 Å². The number of hydrogen-bond donors (Lipinski definition) is 3. The third-order valence-corrected chi connectivity index (χ3v) is 5.44. The monoisotopic (exact) mass is 387 g/mol. The molecule has 0 bridgehead atoms. The van der Waals surface area contributed by atoms with Crippen molar-refractivity contribution < 1.29 is 9.59 Å². The molecular weight excluding hydrogens is 350 g/mol.